The van der Waals surface area contributed by atoms with Crippen LogP contribution in [-0.4, -0.2) is 22.6 Å². The number of carbonyl (C=O) groups excluding carboxylic acids is 1. The molecule has 3 rings (SSSR count). The number of hydrogen-bond acceptors (Lipinski definition) is 5. The Labute approximate surface area is 152 Å². The first-order valence-electron chi connectivity index (χ1n) is 7.93. The number of nitrogens with zero attached hydrogens (tertiary/aromatic N) is 2. The van der Waals surface area contributed by atoms with E-state index in [0.29, 0.717) is 24.7 Å². The molecule has 0 bridgehead atoms. The van der Waals surface area contributed by atoms with Crippen molar-refractivity contribution >= 4 is 29.1 Å². The molecular weight excluding hydrogens is 340 g/mol. The molecule has 3 N–H and O–H groups in total. The number of benzene rings is 2. The number of carbonyl (C=O) groups is 1. The lowest BCUT2D eigenvalue weighted by Gasteiger charge is -2.17. The van der Waals surface area contributed by atoms with Gasteiger partial charge in [-0.2, -0.15) is 4.98 Å². The molecule has 0 aliphatic carbocycles. The molecule has 7 heteroatoms. The molecular formula is C18H21ClN4O2. The Balaban J connectivity index is 0.00000225. The van der Waals surface area contributed by atoms with Gasteiger partial charge < -0.3 is 15.6 Å². The van der Waals surface area contributed by atoms with Crippen molar-refractivity contribution in [3.8, 4) is 0 Å². The lowest BCUT2D eigenvalue weighted by molar-refractivity contribution is -0.121. The summed E-state index contributed by atoms with van der Waals surface area (Å²) in [7, 11) is 0. The number of rotatable bonds is 6. The third-order valence-electron chi connectivity index (χ3n) is 3.88. The molecule has 0 spiro atoms. The van der Waals surface area contributed by atoms with Gasteiger partial charge in [0.25, 0.3) is 0 Å². The monoisotopic (exact) mass is 360 g/mol. The number of aryl methyl sites for hydroxylation is 2. The van der Waals surface area contributed by atoms with E-state index in [1.54, 1.807) is 6.92 Å². The highest BCUT2D eigenvalue weighted by molar-refractivity contribution is 5.85. The number of nitrogens with two attached hydrogens (primary N) is 1. The molecule has 1 atom stereocenters. The molecule has 132 valence electrons. The van der Waals surface area contributed by atoms with Gasteiger partial charge in [-0.15, -0.1) is 12.4 Å². The molecule has 25 heavy (non-hydrogen) atoms. The van der Waals surface area contributed by atoms with Crippen molar-refractivity contribution in [1.29, 1.82) is 0 Å². The van der Waals surface area contributed by atoms with E-state index >= 15 is 0 Å². The van der Waals surface area contributed by atoms with E-state index in [1.807, 2.05) is 30.3 Å². The van der Waals surface area contributed by atoms with E-state index in [-0.39, 0.29) is 30.8 Å². The number of fused-ring (bicyclic) bond motifs is 1. The highest BCUT2D eigenvalue weighted by Gasteiger charge is 2.14. The van der Waals surface area contributed by atoms with Crippen molar-refractivity contribution in [2.75, 3.05) is 6.54 Å². The fourth-order valence-electron chi connectivity index (χ4n) is 2.63. The van der Waals surface area contributed by atoms with Crippen LogP contribution < -0.4 is 11.1 Å². The summed E-state index contributed by atoms with van der Waals surface area (Å²) >= 11 is 0. The van der Waals surface area contributed by atoms with E-state index in [9.17, 15) is 4.79 Å². The SMILES string of the molecule is Cc1noc(CCC(=O)NC(CN)c2ccc3ccccc3c2)n1.Cl. The third kappa shape index (κ3) is 4.78. The Hall–Kier alpha value is -2.44. The van der Waals surface area contributed by atoms with Crippen molar-refractivity contribution in [3.63, 3.8) is 0 Å². The second-order valence-corrected chi connectivity index (χ2v) is 5.70. The standard InChI is InChI=1S/C18H20N4O2.ClH/c1-12-20-18(24-22-12)9-8-17(23)21-16(11-19)15-7-6-13-4-2-3-5-14(13)10-15;/h2-7,10,16H,8-9,11,19H2,1H3,(H,21,23);1H. The van der Waals surface area contributed by atoms with E-state index in [2.05, 4.69) is 27.6 Å². The smallest absolute Gasteiger partial charge is 0.227 e. The van der Waals surface area contributed by atoms with Crippen molar-refractivity contribution in [2.24, 2.45) is 5.73 Å². The average molecular weight is 361 g/mol. The average Bonchev–Trinajstić information content (AvgIpc) is 3.03. The van der Waals surface area contributed by atoms with Crippen LogP contribution in [0.15, 0.2) is 47.0 Å². The van der Waals surface area contributed by atoms with Gasteiger partial charge in [-0.25, -0.2) is 0 Å². The summed E-state index contributed by atoms with van der Waals surface area (Å²) in [5.74, 6) is 0.952. The van der Waals surface area contributed by atoms with Crippen molar-refractivity contribution in [2.45, 2.75) is 25.8 Å². The summed E-state index contributed by atoms with van der Waals surface area (Å²) < 4.78 is 5.01. The third-order valence-corrected chi connectivity index (χ3v) is 3.88. The van der Waals surface area contributed by atoms with Gasteiger partial charge >= 0.3 is 0 Å². The Bertz CT molecular complexity index is 850. The topological polar surface area (TPSA) is 94.0 Å². The van der Waals surface area contributed by atoms with Crippen LogP contribution in [0, 0.1) is 6.92 Å². The first-order chi connectivity index (χ1) is 11.7. The molecule has 0 aliphatic rings. The molecule has 0 aliphatic heterocycles. The van der Waals surface area contributed by atoms with Crippen LogP contribution in [-0.2, 0) is 11.2 Å². The fourth-order valence-corrected chi connectivity index (χ4v) is 2.63. The van der Waals surface area contributed by atoms with Gasteiger partial charge in [-0.05, 0) is 29.3 Å². The molecule has 0 saturated carbocycles. The van der Waals surface area contributed by atoms with Gasteiger partial charge in [0.05, 0.1) is 6.04 Å². The van der Waals surface area contributed by atoms with E-state index in [0.717, 1.165) is 16.3 Å². The largest absolute Gasteiger partial charge is 0.348 e. The summed E-state index contributed by atoms with van der Waals surface area (Å²) in [6.45, 7) is 2.08. The normalized spacial score (nSPS) is 11.8. The van der Waals surface area contributed by atoms with Crippen molar-refractivity contribution in [3.05, 3.63) is 59.7 Å². The van der Waals surface area contributed by atoms with Crippen LogP contribution in [0.5, 0.6) is 0 Å². The lowest BCUT2D eigenvalue weighted by Crippen LogP contribution is -2.33. The number of hydrogen-bond donors (Lipinski definition) is 2. The van der Waals surface area contributed by atoms with Crippen LogP contribution >= 0.6 is 12.4 Å². The molecule has 1 unspecified atom stereocenters. The predicted octanol–water partition coefficient (Wildman–Crippen LogP) is 2.70. The summed E-state index contributed by atoms with van der Waals surface area (Å²) in [4.78, 5) is 16.3. The minimum atomic E-state index is -0.216. The highest BCUT2D eigenvalue weighted by Crippen LogP contribution is 2.20. The van der Waals surface area contributed by atoms with E-state index in [1.165, 1.54) is 0 Å². The maximum atomic E-state index is 12.2. The zero-order valence-corrected chi connectivity index (χ0v) is 14.8. The van der Waals surface area contributed by atoms with Gasteiger partial charge in [0.2, 0.25) is 11.8 Å². The molecule has 1 aromatic heterocycles. The van der Waals surface area contributed by atoms with Gasteiger partial charge in [0.1, 0.15) is 0 Å². The molecule has 3 aromatic rings. The number of amides is 1. The van der Waals surface area contributed by atoms with Crippen LogP contribution in [0.1, 0.15) is 29.7 Å². The van der Waals surface area contributed by atoms with Crippen LogP contribution in [0.3, 0.4) is 0 Å². The first kappa shape index (κ1) is 18.9. The highest BCUT2D eigenvalue weighted by atomic mass is 35.5. The summed E-state index contributed by atoms with van der Waals surface area (Å²) in [6, 6.07) is 14.0. The first-order valence-corrected chi connectivity index (χ1v) is 7.93. The van der Waals surface area contributed by atoms with E-state index in [4.69, 9.17) is 10.3 Å². The van der Waals surface area contributed by atoms with Crippen molar-refractivity contribution < 1.29 is 9.32 Å². The molecule has 0 fully saturated rings. The second-order valence-electron chi connectivity index (χ2n) is 5.70. The van der Waals surface area contributed by atoms with Crippen LogP contribution in [0.25, 0.3) is 10.8 Å². The zero-order chi connectivity index (χ0) is 16.9. The van der Waals surface area contributed by atoms with Gasteiger partial charge in [0.15, 0.2) is 5.82 Å². The molecule has 0 radical (unpaired) electrons. The van der Waals surface area contributed by atoms with Crippen LogP contribution in [0.4, 0.5) is 0 Å². The number of nitrogens with one attached hydrogen (secondary N) is 1. The Kier molecular flexibility index (Phi) is 6.50. The molecule has 6 nitrogen and oxygen atoms in total. The molecule has 1 amide bonds. The van der Waals surface area contributed by atoms with E-state index < -0.39 is 0 Å². The zero-order valence-electron chi connectivity index (χ0n) is 13.9. The lowest BCUT2D eigenvalue weighted by atomic mass is 10.0. The fraction of sp³-hybridized carbons (Fsp3) is 0.278. The summed E-state index contributed by atoms with van der Waals surface area (Å²) in [5.41, 5.74) is 6.85. The molecule has 2 aromatic carbocycles. The summed E-state index contributed by atoms with van der Waals surface area (Å²) in [5, 5.41) is 8.97. The maximum absolute atomic E-state index is 12.2. The van der Waals surface area contributed by atoms with Gasteiger partial charge in [-0.3, -0.25) is 4.79 Å². The summed E-state index contributed by atoms with van der Waals surface area (Å²) in [6.07, 6.45) is 0.702. The van der Waals surface area contributed by atoms with Crippen molar-refractivity contribution in [1.82, 2.24) is 15.5 Å². The molecule has 0 saturated heterocycles. The minimum Gasteiger partial charge on any atom is -0.348 e. The van der Waals surface area contributed by atoms with Gasteiger partial charge in [0, 0.05) is 19.4 Å². The maximum Gasteiger partial charge on any atom is 0.227 e. The van der Waals surface area contributed by atoms with Crippen LogP contribution in [0.2, 0.25) is 0 Å². The van der Waals surface area contributed by atoms with Gasteiger partial charge in [-0.1, -0.05) is 41.6 Å². The second kappa shape index (κ2) is 8.60. The Morgan fingerprint density at radius 1 is 1.24 bits per heavy atom. The predicted molar refractivity (Wildman–Crippen MR) is 98.5 cm³/mol. The number of aromatic nitrogens is 2. The number of halogens is 1. The Morgan fingerprint density at radius 2 is 2.00 bits per heavy atom. The Morgan fingerprint density at radius 3 is 2.68 bits per heavy atom. The quantitative estimate of drug-likeness (QED) is 0.704. The minimum absolute atomic E-state index is 0. The molecule has 1 heterocycles.